The fourth-order valence-corrected chi connectivity index (χ4v) is 6.14. The highest BCUT2D eigenvalue weighted by molar-refractivity contribution is 6.07. The highest BCUT2D eigenvalue weighted by Crippen LogP contribution is 2.38. The Morgan fingerprint density at radius 2 is 1.14 bits per heavy atom. The van der Waals surface area contributed by atoms with E-state index < -0.39 is 0 Å². The molecule has 0 fully saturated rings. The Bertz CT molecular complexity index is 2130. The Balaban J connectivity index is 1.29. The van der Waals surface area contributed by atoms with Gasteiger partial charge in [-0.1, -0.05) is 91.0 Å². The molecule has 0 atom stereocenters. The smallest absolute Gasteiger partial charge is 0.149 e. The number of nitrogens with zero attached hydrogens (tertiary/aromatic N) is 4. The van der Waals surface area contributed by atoms with Crippen LogP contribution in [0.4, 0.5) is 0 Å². The van der Waals surface area contributed by atoms with Gasteiger partial charge in [0.2, 0.25) is 0 Å². The van der Waals surface area contributed by atoms with Crippen molar-refractivity contribution in [2.45, 2.75) is 0 Å². The van der Waals surface area contributed by atoms with Crippen molar-refractivity contribution in [3.8, 4) is 45.0 Å². The molecule has 0 saturated heterocycles. The van der Waals surface area contributed by atoms with Crippen molar-refractivity contribution >= 4 is 32.8 Å². The first-order valence-electron chi connectivity index (χ1n) is 14.1. The van der Waals surface area contributed by atoms with Gasteiger partial charge in [0.25, 0.3) is 0 Å². The maximum absolute atomic E-state index is 4.95. The molecule has 4 nitrogen and oxygen atoms in total. The summed E-state index contributed by atoms with van der Waals surface area (Å²) < 4.78 is 4.29. The summed E-state index contributed by atoms with van der Waals surface area (Å²) in [5, 5.41) is 2.40. The third-order valence-electron chi connectivity index (χ3n) is 8.20. The van der Waals surface area contributed by atoms with Crippen LogP contribution in [0.1, 0.15) is 0 Å². The number of rotatable bonds is 4. The van der Waals surface area contributed by atoms with Crippen LogP contribution in [0.15, 0.2) is 121 Å². The Hall–Kier alpha value is -5.66. The molecule has 0 aliphatic rings. The van der Waals surface area contributed by atoms with Crippen LogP contribution in [0.25, 0.3) is 77.9 Å². The molecule has 0 N–H and O–H groups in total. The SMILES string of the molecule is Cn1c(-c2c#ccc(-c3cccc4cccc(-c5cccc(-c6nc7ccccc7n6C)c5)c34)c2)nc2ccccc21. The normalized spacial score (nSPS) is 11.4. The first kappa shape index (κ1) is 24.2. The van der Waals surface area contributed by atoms with Gasteiger partial charge >= 0.3 is 0 Å². The lowest BCUT2D eigenvalue weighted by molar-refractivity contribution is 0.959. The molecule has 0 unspecified atom stereocenters. The van der Waals surface area contributed by atoms with Crippen LogP contribution >= 0.6 is 0 Å². The largest absolute Gasteiger partial charge is 0.327 e. The number of aromatic nitrogens is 4. The van der Waals surface area contributed by atoms with Crippen molar-refractivity contribution in [3.05, 3.63) is 133 Å². The molecule has 0 saturated carbocycles. The van der Waals surface area contributed by atoms with Crippen LogP contribution in [-0.4, -0.2) is 19.1 Å². The Morgan fingerprint density at radius 3 is 1.86 bits per heavy atom. The van der Waals surface area contributed by atoms with Gasteiger partial charge in [0.15, 0.2) is 0 Å². The summed E-state index contributed by atoms with van der Waals surface area (Å²) >= 11 is 0. The Labute approximate surface area is 244 Å². The number of imidazole rings is 2. The van der Waals surface area contributed by atoms with E-state index in [4.69, 9.17) is 9.97 Å². The Kier molecular flexibility index (Phi) is 5.45. The highest BCUT2D eigenvalue weighted by atomic mass is 15.1. The van der Waals surface area contributed by atoms with Crippen molar-refractivity contribution in [1.29, 1.82) is 0 Å². The highest BCUT2D eigenvalue weighted by Gasteiger charge is 2.15. The number of fused-ring (bicyclic) bond motifs is 3. The average molecular weight is 539 g/mol. The van der Waals surface area contributed by atoms with Gasteiger partial charge in [-0.2, -0.15) is 0 Å². The summed E-state index contributed by atoms with van der Waals surface area (Å²) in [7, 11) is 4.14. The first-order valence-corrected chi connectivity index (χ1v) is 14.1. The number of benzene rings is 5. The molecule has 8 rings (SSSR count). The topological polar surface area (TPSA) is 35.6 Å². The van der Waals surface area contributed by atoms with Crippen LogP contribution < -0.4 is 0 Å². The zero-order chi connectivity index (χ0) is 28.2. The average Bonchev–Trinajstić information content (AvgIpc) is 3.57. The van der Waals surface area contributed by atoms with Gasteiger partial charge in [0, 0.05) is 19.7 Å². The maximum atomic E-state index is 4.95. The number of hydrogen-bond donors (Lipinski definition) is 0. The van der Waals surface area contributed by atoms with E-state index in [0.717, 1.165) is 61.5 Å². The van der Waals surface area contributed by atoms with E-state index in [1.165, 1.54) is 16.3 Å². The van der Waals surface area contributed by atoms with E-state index in [1.807, 2.05) is 30.3 Å². The van der Waals surface area contributed by atoms with Gasteiger partial charge in [-0.3, -0.25) is 0 Å². The molecule has 2 heterocycles. The summed E-state index contributed by atoms with van der Waals surface area (Å²) in [4.78, 5) is 9.86. The molecule has 8 aromatic rings. The van der Waals surface area contributed by atoms with E-state index in [1.54, 1.807) is 0 Å². The van der Waals surface area contributed by atoms with Crippen molar-refractivity contribution in [3.63, 3.8) is 0 Å². The van der Waals surface area contributed by atoms with Crippen LogP contribution in [0, 0.1) is 12.1 Å². The second kappa shape index (κ2) is 9.47. The molecule has 0 radical (unpaired) electrons. The minimum Gasteiger partial charge on any atom is -0.327 e. The van der Waals surface area contributed by atoms with Gasteiger partial charge in [0.05, 0.1) is 27.6 Å². The van der Waals surface area contributed by atoms with E-state index in [9.17, 15) is 0 Å². The van der Waals surface area contributed by atoms with Gasteiger partial charge in [-0.15, -0.1) is 0 Å². The molecule has 0 bridgehead atoms. The molecule has 4 heteroatoms. The first-order chi connectivity index (χ1) is 20.7. The van der Waals surface area contributed by atoms with E-state index in [0.29, 0.717) is 0 Å². The van der Waals surface area contributed by atoms with Crippen LogP contribution in [0.3, 0.4) is 0 Å². The van der Waals surface area contributed by atoms with Gasteiger partial charge in [-0.05, 0) is 75.5 Å². The van der Waals surface area contributed by atoms with Crippen molar-refractivity contribution < 1.29 is 0 Å². The lowest BCUT2D eigenvalue weighted by Gasteiger charge is -2.14. The van der Waals surface area contributed by atoms with E-state index in [-0.39, 0.29) is 0 Å². The van der Waals surface area contributed by atoms with Gasteiger partial charge in [0.1, 0.15) is 11.6 Å². The standard InChI is InChI=1S/C38H26N4/c1-41-34-21-5-3-19-32(34)39-37(41)28-15-7-13-26(23-28)30-17-9-11-25-12-10-18-31(36(25)30)27-14-8-16-29(24-27)38-40-33-20-4-6-22-35(33)42(38)2/h3-7,9-15,17-24H,1-2H3. The monoisotopic (exact) mass is 538 g/mol. The molecule has 0 spiro atoms. The third-order valence-corrected chi connectivity index (χ3v) is 8.20. The minimum absolute atomic E-state index is 0.880. The summed E-state index contributed by atoms with van der Waals surface area (Å²) in [6.45, 7) is 0. The van der Waals surface area contributed by atoms with Crippen molar-refractivity contribution in [2.24, 2.45) is 14.1 Å². The maximum Gasteiger partial charge on any atom is 0.149 e. The summed E-state index contributed by atoms with van der Waals surface area (Å²) in [6.07, 6.45) is 0. The fourth-order valence-electron chi connectivity index (χ4n) is 6.14. The molecule has 42 heavy (non-hydrogen) atoms. The van der Waals surface area contributed by atoms with Crippen LogP contribution in [0.2, 0.25) is 0 Å². The summed E-state index contributed by atoms with van der Waals surface area (Å²) in [5.74, 6) is 1.84. The molecule has 0 aliphatic heterocycles. The van der Waals surface area contributed by atoms with Crippen molar-refractivity contribution in [2.75, 3.05) is 0 Å². The van der Waals surface area contributed by atoms with Crippen LogP contribution in [0.5, 0.6) is 0 Å². The van der Waals surface area contributed by atoms with Crippen molar-refractivity contribution in [1.82, 2.24) is 19.1 Å². The molecule has 0 amide bonds. The van der Waals surface area contributed by atoms with Crippen LogP contribution in [-0.2, 0) is 14.1 Å². The quantitative estimate of drug-likeness (QED) is 0.224. The second-order valence-electron chi connectivity index (χ2n) is 10.7. The minimum atomic E-state index is 0.880. The Morgan fingerprint density at radius 1 is 0.548 bits per heavy atom. The van der Waals surface area contributed by atoms with E-state index >= 15 is 0 Å². The zero-order valence-corrected chi connectivity index (χ0v) is 23.3. The molecule has 2 aromatic heterocycles. The fraction of sp³-hybridized carbons (Fsp3) is 0.0526. The molecule has 6 aromatic carbocycles. The number of hydrogen-bond acceptors (Lipinski definition) is 2. The summed E-state index contributed by atoms with van der Waals surface area (Å²) in [5.41, 5.74) is 10.8. The second-order valence-corrected chi connectivity index (χ2v) is 10.7. The number of aryl methyl sites for hydroxylation is 2. The molecular weight excluding hydrogens is 512 g/mol. The molecule has 0 aliphatic carbocycles. The zero-order valence-electron chi connectivity index (χ0n) is 23.3. The van der Waals surface area contributed by atoms with E-state index in [2.05, 4.69) is 126 Å². The molecule has 198 valence electrons. The lowest BCUT2D eigenvalue weighted by Crippen LogP contribution is -1.93. The lowest BCUT2D eigenvalue weighted by atomic mass is 9.90. The van der Waals surface area contributed by atoms with Gasteiger partial charge < -0.3 is 9.13 Å². The predicted molar refractivity (Wildman–Crippen MR) is 172 cm³/mol. The summed E-state index contributed by atoms with van der Waals surface area (Å²) in [6, 6.07) is 49.0. The number of para-hydroxylation sites is 4. The third kappa shape index (κ3) is 3.79. The predicted octanol–water partition coefficient (Wildman–Crippen LogP) is 8.88. The molecular formula is C38H26N4. The van der Waals surface area contributed by atoms with Gasteiger partial charge in [-0.25, -0.2) is 9.97 Å².